The summed E-state index contributed by atoms with van der Waals surface area (Å²) >= 11 is 0. The largest absolute Gasteiger partial charge is 0.395 e. The van der Waals surface area contributed by atoms with Crippen LogP contribution >= 0.6 is 0 Å². The van der Waals surface area contributed by atoms with Crippen LogP contribution in [0.5, 0.6) is 0 Å². The van der Waals surface area contributed by atoms with Gasteiger partial charge in [-0.15, -0.1) is 0 Å². The third-order valence-corrected chi connectivity index (χ3v) is 2.34. The van der Waals surface area contributed by atoms with E-state index < -0.39 is 0 Å². The summed E-state index contributed by atoms with van der Waals surface area (Å²) in [6.07, 6.45) is 3.87. The molecule has 1 rings (SSSR count). The first-order valence-electron chi connectivity index (χ1n) is 4.22. The zero-order valence-corrected chi connectivity index (χ0v) is 6.64. The average molecular weight is 143 g/mol. The van der Waals surface area contributed by atoms with Crippen molar-refractivity contribution < 1.29 is 5.11 Å². The molecule has 1 heterocycles. The number of aliphatic hydroxyl groups excluding tert-OH is 1. The summed E-state index contributed by atoms with van der Waals surface area (Å²) in [4.78, 5) is 0. The summed E-state index contributed by atoms with van der Waals surface area (Å²) < 4.78 is 0. The Labute approximate surface area is 62.6 Å². The SMILES string of the molecule is CCCC[C@H]1CN[C@@H]1CO. The maximum Gasteiger partial charge on any atom is 0.0587 e. The quantitative estimate of drug-likeness (QED) is 0.609. The minimum atomic E-state index is 0.314. The number of rotatable bonds is 4. The molecule has 2 atom stereocenters. The lowest BCUT2D eigenvalue weighted by atomic mass is 9.88. The van der Waals surface area contributed by atoms with Crippen LogP contribution in [-0.2, 0) is 0 Å². The normalized spacial score (nSPS) is 31.8. The molecule has 0 aromatic carbocycles. The average Bonchev–Trinajstić information content (AvgIpc) is 1.88. The summed E-state index contributed by atoms with van der Waals surface area (Å²) in [6, 6.07) is 0.409. The van der Waals surface area contributed by atoms with Crippen LogP contribution < -0.4 is 5.32 Å². The summed E-state index contributed by atoms with van der Waals surface area (Å²) in [5.74, 6) is 0.755. The Balaban J connectivity index is 2.05. The second kappa shape index (κ2) is 3.94. The summed E-state index contributed by atoms with van der Waals surface area (Å²) in [5.41, 5.74) is 0. The maximum atomic E-state index is 8.79. The second-order valence-corrected chi connectivity index (χ2v) is 3.10. The highest BCUT2D eigenvalue weighted by atomic mass is 16.3. The lowest BCUT2D eigenvalue weighted by Gasteiger charge is -2.36. The molecular formula is C8H17NO. The topological polar surface area (TPSA) is 32.3 Å². The third kappa shape index (κ3) is 1.70. The van der Waals surface area contributed by atoms with Gasteiger partial charge in [-0.25, -0.2) is 0 Å². The van der Waals surface area contributed by atoms with E-state index in [1.807, 2.05) is 0 Å². The van der Waals surface area contributed by atoms with Crippen molar-refractivity contribution in [2.75, 3.05) is 13.2 Å². The van der Waals surface area contributed by atoms with E-state index in [-0.39, 0.29) is 0 Å². The molecule has 2 nitrogen and oxygen atoms in total. The first-order valence-corrected chi connectivity index (χ1v) is 4.22. The Morgan fingerprint density at radius 2 is 2.40 bits per heavy atom. The third-order valence-electron chi connectivity index (χ3n) is 2.34. The highest BCUT2D eigenvalue weighted by Crippen LogP contribution is 2.18. The van der Waals surface area contributed by atoms with Gasteiger partial charge in [0.25, 0.3) is 0 Å². The van der Waals surface area contributed by atoms with E-state index in [0.29, 0.717) is 12.6 Å². The maximum absolute atomic E-state index is 8.79. The van der Waals surface area contributed by atoms with Gasteiger partial charge in [0, 0.05) is 6.04 Å². The van der Waals surface area contributed by atoms with Gasteiger partial charge in [0.1, 0.15) is 0 Å². The molecule has 10 heavy (non-hydrogen) atoms. The molecule has 0 aromatic rings. The Bertz CT molecular complexity index is 93.3. The molecule has 0 aliphatic carbocycles. The molecule has 1 fully saturated rings. The molecule has 0 saturated carbocycles. The van der Waals surface area contributed by atoms with Crippen LogP contribution in [0.2, 0.25) is 0 Å². The van der Waals surface area contributed by atoms with Crippen molar-refractivity contribution in [2.24, 2.45) is 5.92 Å². The van der Waals surface area contributed by atoms with Crippen molar-refractivity contribution >= 4 is 0 Å². The van der Waals surface area contributed by atoms with Crippen molar-refractivity contribution in [3.05, 3.63) is 0 Å². The van der Waals surface area contributed by atoms with Crippen LogP contribution in [0.3, 0.4) is 0 Å². The molecule has 0 bridgehead atoms. The molecule has 0 unspecified atom stereocenters. The van der Waals surface area contributed by atoms with E-state index in [2.05, 4.69) is 12.2 Å². The van der Waals surface area contributed by atoms with E-state index in [9.17, 15) is 0 Å². The minimum Gasteiger partial charge on any atom is -0.395 e. The lowest BCUT2D eigenvalue weighted by Crippen LogP contribution is -2.54. The zero-order valence-electron chi connectivity index (χ0n) is 6.64. The van der Waals surface area contributed by atoms with Crippen molar-refractivity contribution in [1.82, 2.24) is 5.32 Å². The Kier molecular flexibility index (Phi) is 3.16. The van der Waals surface area contributed by atoms with Crippen molar-refractivity contribution in [3.8, 4) is 0 Å². The smallest absolute Gasteiger partial charge is 0.0587 e. The number of hydrogen-bond donors (Lipinski definition) is 2. The molecule has 0 spiro atoms. The number of nitrogens with one attached hydrogen (secondary N) is 1. The molecule has 1 aliphatic rings. The molecule has 2 heteroatoms. The fourth-order valence-corrected chi connectivity index (χ4v) is 1.43. The van der Waals surface area contributed by atoms with Crippen LogP contribution in [0.4, 0.5) is 0 Å². The molecule has 60 valence electrons. The first kappa shape index (κ1) is 8.02. The summed E-state index contributed by atoms with van der Waals surface area (Å²) in [5, 5.41) is 12.0. The highest BCUT2D eigenvalue weighted by molar-refractivity contribution is 4.86. The molecule has 0 amide bonds. The van der Waals surface area contributed by atoms with Gasteiger partial charge in [0.2, 0.25) is 0 Å². The molecular weight excluding hydrogens is 126 g/mol. The number of aliphatic hydroxyl groups is 1. The zero-order chi connectivity index (χ0) is 7.40. The van der Waals surface area contributed by atoms with Crippen molar-refractivity contribution in [3.63, 3.8) is 0 Å². The van der Waals surface area contributed by atoms with E-state index >= 15 is 0 Å². The molecule has 1 aliphatic heterocycles. The standard InChI is InChI=1S/C8H17NO/c1-2-3-4-7-5-9-8(7)6-10/h7-10H,2-6H2,1H3/t7-,8+/m0/s1. The van der Waals surface area contributed by atoms with Crippen LogP contribution in [0.25, 0.3) is 0 Å². The fourth-order valence-electron chi connectivity index (χ4n) is 1.43. The monoisotopic (exact) mass is 143 g/mol. The molecule has 1 saturated heterocycles. The number of hydrogen-bond acceptors (Lipinski definition) is 2. The summed E-state index contributed by atoms with van der Waals surface area (Å²) in [6.45, 7) is 3.64. The van der Waals surface area contributed by atoms with Crippen molar-refractivity contribution in [2.45, 2.75) is 32.2 Å². The Hall–Kier alpha value is -0.0800. The Morgan fingerprint density at radius 3 is 2.80 bits per heavy atom. The van der Waals surface area contributed by atoms with E-state index in [4.69, 9.17) is 5.11 Å². The van der Waals surface area contributed by atoms with Crippen LogP contribution in [0.1, 0.15) is 26.2 Å². The van der Waals surface area contributed by atoms with Crippen LogP contribution in [-0.4, -0.2) is 24.3 Å². The van der Waals surface area contributed by atoms with Gasteiger partial charge in [-0.3, -0.25) is 0 Å². The highest BCUT2D eigenvalue weighted by Gasteiger charge is 2.28. The van der Waals surface area contributed by atoms with Gasteiger partial charge >= 0.3 is 0 Å². The van der Waals surface area contributed by atoms with Crippen LogP contribution in [0.15, 0.2) is 0 Å². The van der Waals surface area contributed by atoms with Gasteiger partial charge in [0.15, 0.2) is 0 Å². The van der Waals surface area contributed by atoms with Crippen LogP contribution in [0, 0.1) is 5.92 Å². The Morgan fingerprint density at radius 1 is 1.60 bits per heavy atom. The molecule has 2 N–H and O–H groups in total. The van der Waals surface area contributed by atoms with E-state index in [1.165, 1.54) is 19.3 Å². The van der Waals surface area contributed by atoms with Gasteiger partial charge in [-0.1, -0.05) is 19.8 Å². The second-order valence-electron chi connectivity index (χ2n) is 3.10. The predicted molar refractivity (Wildman–Crippen MR) is 41.9 cm³/mol. The van der Waals surface area contributed by atoms with Crippen molar-refractivity contribution in [1.29, 1.82) is 0 Å². The van der Waals surface area contributed by atoms with Gasteiger partial charge in [-0.2, -0.15) is 0 Å². The first-order chi connectivity index (χ1) is 4.88. The molecule has 0 radical (unpaired) electrons. The van der Waals surface area contributed by atoms with Gasteiger partial charge < -0.3 is 10.4 Å². The van der Waals surface area contributed by atoms with E-state index in [1.54, 1.807) is 0 Å². The predicted octanol–water partition coefficient (Wildman–Crippen LogP) is 0.757. The molecule has 0 aromatic heterocycles. The van der Waals surface area contributed by atoms with E-state index in [0.717, 1.165) is 12.5 Å². The lowest BCUT2D eigenvalue weighted by molar-refractivity contribution is 0.128. The van der Waals surface area contributed by atoms with Gasteiger partial charge in [-0.05, 0) is 18.9 Å². The van der Waals surface area contributed by atoms with Gasteiger partial charge in [0.05, 0.1) is 6.61 Å². The summed E-state index contributed by atoms with van der Waals surface area (Å²) in [7, 11) is 0. The fraction of sp³-hybridized carbons (Fsp3) is 1.00. The minimum absolute atomic E-state index is 0.314. The number of unbranched alkanes of at least 4 members (excludes halogenated alkanes) is 1.